The van der Waals surface area contributed by atoms with Gasteiger partial charge < -0.3 is 15.8 Å². The molecule has 0 aliphatic carbocycles. The second kappa shape index (κ2) is 7.85. The fourth-order valence-corrected chi connectivity index (χ4v) is 1.72. The van der Waals surface area contributed by atoms with Crippen LogP contribution in [0.25, 0.3) is 0 Å². The smallest absolute Gasteiger partial charge is 0.254 e. The molecule has 20 heavy (non-hydrogen) atoms. The molecule has 0 bridgehead atoms. The van der Waals surface area contributed by atoms with Gasteiger partial charge in [-0.25, -0.2) is 4.39 Å². The van der Waals surface area contributed by atoms with Crippen LogP contribution in [-0.2, 0) is 4.74 Å². The van der Waals surface area contributed by atoms with E-state index in [-0.39, 0.29) is 5.56 Å². The molecule has 0 saturated heterocycles. The van der Waals surface area contributed by atoms with Gasteiger partial charge in [0.05, 0.1) is 12.2 Å². The number of nitrogen functional groups attached to an aromatic ring is 1. The SMILES string of the molecule is Cc1cc(N)cc(C(=O)NCCOCCC(C)C)c1F. The summed E-state index contributed by atoms with van der Waals surface area (Å²) in [5.74, 6) is -0.406. The van der Waals surface area contributed by atoms with Crippen molar-refractivity contribution in [1.29, 1.82) is 0 Å². The normalized spacial score (nSPS) is 10.8. The fourth-order valence-electron chi connectivity index (χ4n) is 1.72. The van der Waals surface area contributed by atoms with Crippen LogP contribution in [0, 0.1) is 18.7 Å². The van der Waals surface area contributed by atoms with E-state index in [4.69, 9.17) is 10.5 Å². The zero-order valence-corrected chi connectivity index (χ0v) is 12.3. The van der Waals surface area contributed by atoms with Crippen molar-refractivity contribution >= 4 is 11.6 Å². The summed E-state index contributed by atoms with van der Waals surface area (Å²) in [7, 11) is 0. The van der Waals surface area contributed by atoms with Gasteiger partial charge in [0.1, 0.15) is 5.82 Å². The molecular weight excluding hydrogens is 259 g/mol. The summed E-state index contributed by atoms with van der Waals surface area (Å²) >= 11 is 0. The molecule has 0 spiro atoms. The Bertz CT molecular complexity index is 461. The number of benzene rings is 1. The van der Waals surface area contributed by atoms with Crippen LogP contribution in [0.4, 0.5) is 10.1 Å². The van der Waals surface area contributed by atoms with E-state index in [0.29, 0.717) is 36.9 Å². The number of carbonyl (C=O) groups is 1. The van der Waals surface area contributed by atoms with Gasteiger partial charge in [0.25, 0.3) is 5.91 Å². The Kier molecular flexibility index (Phi) is 6.45. The van der Waals surface area contributed by atoms with E-state index in [1.54, 1.807) is 6.92 Å². The van der Waals surface area contributed by atoms with Crippen molar-refractivity contribution in [3.05, 3.63) is 29.1 Å². The second-order valence-corrected chi connectivity index (χ2v) is 5.25. The molecule has 0 fully saturated rings. The predicted octanol–water partition coefficient (Wildman–Crippen LogP) is 2.51. The minimum atomic E-state index is -0.530. The van der Waals surface area contributed by atoms with E-state index >= 15 is 0 Å². The summed E-state index contributed by atoms with van der Waals surface area (Å²) in [5, 5.41) is 2.62. The molecule has 0 aliphatic heterocycles. The Labute approximate surface area is 119 Å². The van der Waals surface area contributed by atoms with Gasteiger partial charge in [0.15, 0.2) is 0 Å². The molecule has 0 radical (unpaired) electrons. The molecular formula is C15H23FN2O2. The Morgan fingerprint density at radius 1 is 1.40 bits per heavy atom. The van der Waals surface area contributed by atoms with Crippen LogP contribution < -0.4 is 11.1 Å². The van der Waals surface area contributed by atoms with Gasteiger partial charge in [-0.3, -0.25) is 4.79 Å². The maximum atomic E-state index is 13.8. The lowest BCUT2D eigenvalue weighted by Crippen LogP contribution is -2.28. The molecule has 1 aromatic rings. The number of hydrogen-bond donors (Lipinski definition) is 2. The van der Waals surface area contributed by atoms with Crippen molar-refractivity contribution in [3.8, 4) is 0 Å². The van der Waals surface area contributed by atoms with Crippen molar-refractivity contribution in [1.82, 2.24) is 5.32 Å². The number of anilines is 1. The summed E-state index contributed by atoms with van der Waals surface area (Å²) in [5.41, 5.74) is 6.34. The minimum Gasteiger partial charge on any atom is -0.399 e. The van der Waals surface area contributed by atoms with Crippen LogP contribution >= 0.6 is 0 Å². The van der Waals surface area contributed by atoms with Crippen molar-refractivity contribution in [2.45, 2.75) is 27.2 Å². The van der Waals surface area contributed by atoms with Crippen LogP contribution in [0.15, 0.2) is 12.1 Å². The Morgan fingerprint density at radius 3 is 2.75 bits per heavy atom. The lowest BCUT2D eigenvalue weighted by atomic mass is 10.1. The van der Waals surface area contributed by atoms with Crippen LogP contribution in [0.2, 0.25) is 0 Å². The van der Waals surface area contributed by atoms with E-state index in [9.17, 15) is 9.18 Å². The van der Waals surface area contributed by atoms with Gasteiger partial charge in [0, 0.05) is 18.8 Å². The van der Waals surface area contributed by atoms with Crippen LogP contribution in [0.3, 0.4) is 0 Å². The van der Waals surface area contributed by atoms with Gasteiger partial charge >= 0.3 is 0 Å². The van der Waals surface area contributed by atoms with Crippen molar-refractivity contribution in [2.24, 2.45) is 5.92 Å². The standard InChI is InChI=1S/C15H23FN2O2/c1-10(2)4-6-20-7-5-18-15(19)13-9-12(17)8-11(3)14(13)16/h8-10H,4-7,17H2,1-3H3,(H,18,19). The van der Waals surface area contributed by atoms with Gasteiger partial charge in [-0.15, -0.1) is 0 Å². The molecule has 3 N–H and O–H groups in total. The molecule has 0 unspecified atom stereocenters. The number of nitrogens with one attached hydrogen (secondary N) is 1. The summed E-state index contributed by atoms with van der Waals surface area (Å²) in [6.07, 6.45) is 0.983. The number of amides is 1. The summed E-state index contributed by atoms with van der Waals surface area (Å²) in [6, 6.07) is 2.85. The molecule has 1 aromatic carbocycles. The molecule has 5 heteroatoms. The van der Waals surface area contributed by atoms with E-state index < -0.39 is 11.7 Å². The average molecular weight is 282 g/mol. The molecule has 112 valence electrons. The number of nitrogens with two attached hydrogens (primary N) is 1. The Balaban J connectivity index is 2.40. The number of rotatable bonds is 7. The van der Waals surface area contributed by atoms with Gasteiger partial charge in [-0.05, 0) is 37.0 Å². The lowest BCUT2D eigenvalue weighted by molar-refractivity contribution is 0.0902. The maximum absolute atomic E-state index is 13.8. The van der Waals surface area contributed by atoms with Crippen molar-refractivity contribution < 1.29 is 13.9 Å². The monoisotopic (exact) mass is 282 g/mol. The summed E-state index contributed by atoms with van der Waals surface area (Å²) < 4.78 is 19.2. The summed E-state index contributed by atoms with van der Waals surface area (Å²) in [6.45, 7) is 7.26. The highest BCUT2D eigenvalue weighted by atomic mass is 19.1. The zero-order valence-electron chi connectivity index (χ0n) is 12.3. The zero-order chi connectivity index (χ0) is 15.1. The third-order valence-electron chi connectivity index (χ3n) is 2.89. The Hall–Kier alpha value is -1.62. The molecule has 0 aromatic heterocycles. The third-order valence-corrected chi connectivity index (χ3v) is 2.89. The second-order valence-electron chi connectivity index (χ2n) is 5.25. The van der Waals surface area contributed by atoms with Crippen molar-refractivity contribution in [2.75, 3.05) is 25.5 Å². The number of halogens is 1. The molecule has 0 heterocycles. The highest BCUT2D eigenvalue weighted by molar-refractivity contribution is 5.95. The van der Waals surface area contributed by atoms with Crippen LogP contribution in [0.5, 0.6) is 0 Å². The number of hydrogen-bond acceptors (Lipinski definition) is 3. The fraction of sp³-hybridized carbons (Fsp3) is 0.533. The first-order chi connectivity index (χ1) is 9.41. The number of ether oxygens (including phenoxy) is 1. The van der Waals surface area contributed by atoms with E-state index in [0.717, 1.165) is 6.42 Å². The Morgan fingerprint density at radius 2 is 2.10 bits per heavy atom. The molecule has 4 nitrogen and oxygen atoms in total. The van der Waals surface area contributed by atoms with E-state index in [2.05, 4.69) is 19.2 Å². The first-order valence-electron chi connectivity index (χ1n) is 6.83. The highest BCUT2D eigenvalue weighted by Crippen LogP contribution is 2.16. The number of aryl methyl sites for hydroxylation is 1. The summed E-state index contributed by atoms with van der Waals surface area (Å²) in [4.78, 5) is 11.8. The van der Waals surface area contributed by atoms with Gasteiger partial charge in [-0.2, -0.15) is 0 Å². The molecule has 0 atom stereocenters. The largest absolute Gasteiger partial charge is 0.399 e. The first kappa shape index (κ1) is 16.4. The maximum Gasteiger partial charge on any atom is 0.254 e. The minimum absolute atomic E-state index is 0.0234. The molecule has 1 rings (SSSR count). The van der Waals surface area contributed by atoms with Crippen LogP contribution in [0.1, 0.15) is 36.2 Å². The predicted molar refractivity (Wildman–Crippen MR) is 78.2 cm³/mol. The molecule has 0 aliphatic rings. The average Bonchev–Trinajstić information content (AvgIpc) is 2.37. The van der Waals surface area contributed by atoms with Gasteiger partial charge in [-0.1, -0.05) is 13.8 Å². The highest BCUT2D eigenvalue weighted by Gasteiger charge is 2.14. The molecule has 1 amide bonds. The molecule has 0 saturated carbocycles. The van der Waals surface area contributed by atoms with E-state index in [1.807, 2.05) is 0 Å². The van der Waals surface area contributed by atoms with Crippen molar-refractivity contribution in [3.63, 3.8) is 0 Å². The first-order valence-corrected chi connectivity index (χ1v) is 6.83. The third kappa shape index (κ3) is 5.17. The lowest BCUT2D eigenvalue weighted by Gasteiger charge is -2.10. The van der Waals surface area contributed by atoms with Crippen LogP contribution in [-0.4, -0.2) is 25.7 Å². The van der Waals surface area contributed by atoms with E-state index in [1.165, 1.54) is 12.1 Å². The quantitative estimate of drug-likeness (QED) is 0.596. The topological polar surface area (TPSA) is 64.4 Å². The van der Waals surface area contributed by atoms with Gasteiger partial charge in [0.2, 0.25) is 0 Å². The number of carbonyl (C=O) groups excluding carboxylic acids is 1.